The number of halogens is 2. The lowest BCUT2D eigenvalue weighted by Crippen LogP contribution is -2.50. The first-order chi connectivity index (χ1) is 16.6. The van der Waals surface area contributed by atoms with Crippen LogP contribution in [0.4, 0.5) is 10.1 Å². The van der Waals surface area contributed by atoms with Crippen molar-refractivity contribution in [1.82, 2.24) is 10.2 Å². The summed E-state index contributed by atoms with van der Waals surface area (Å²) in [5.41, 5.74) is 0.820. The normalized spacial score (nSPS) is 12.0. The minimum absolute atomic E-state index is 0.00665. The van der Waals surface area contributed by atoms with Gasteiger partial charge in [0.25, 0.3) is 10.0 Å². The average Bonchev–Trinajstić information content (AvgIpc) is 2.87. The summed E-state index contributed by atoms with van der Waals surface area (Å²) in [4.78, 5) is 27.2. The molecule has 0 spiro atoms. The number of carbonyl (C=O) groups is 2. The number of hydrogen-bond acceptors (Lipinski definition) is 4. The summed E-state index contributed by atoms with van der Waals surface area (Å²) in [6.45, 7) is 0.952. The molecule has 1 atom stereocenters. The number of amides is 2. The van der Waals surface area contributed by atoms with Crippen LogP contribution in [-0.4, -0.2) is 44.8 Å². The number of benzene rings is 3. The molecule has 0 aliphatic heterocycles. The number of rotatable bonds is 9. The van der Waals surface area contributed by atoms with E-state index in [0.29, 0.717) is 10.6 Å². The first-order valence-corrected chi connectivity index (χ1v) is 12.5. The van der Waals surface area contributed by atoms with Crippen LogP contribution in [0.2, 0.25) is 5.02 Å². The SMILES string of the molecule is CNC(=O)C(C)N(Cc1ccc(F)cc1)C(=O)CN(c1ccc(Cl)cc1)S(=O)(=O)c1ccccc1. The fourth-order valence-corrected chi connectivity index (χ4v) is 5.00. The van der Waals surface area contributed by atoms with Crippen molar-refractivity contribution in [3.05, 3.63) is 95.3 Å². The highest BCUT2D eigenvalue weighted by atomic mass is 35.5. The van der Waals surface area contributed by atoms with E-state index >= 15 is 0 Å². The van der Waals surface area contributed by atoms with E-state index in [2.05, 4.69) is 5.32 Å². The number of hydrogen-bond donors (Lipinski definition) is 1. The maximum atomic E-state index is 13.5. The Kier molecular flexibility index (Phi) is 8.48. The molecule has 35 heavy (non-hydrogen) atoms. The van der Waals surface area contributed by atoms with Crippen LogP contribution in [0, 0.1) is 5.82 Å². The van der Waals surface area contributed by atoms with Gasteiger partial charge in [-0.3, -0.25) is 13.9 Å². The van der Waals surface area contributed by atoms with Crippen molar-refractivity contribution in [3.63, 3.8) is 0 Å². The van der Waals surface area contributed by atoms with Crippen molar-refractivity contribution in [3.8, 4) is 0 Å². The Morgan fingerprint density at radius 3 is 2.14 bits per heavy atom. The van der Waals surface area contributed by atoms with E-state index in [4.69, 9.17) is 11.6 Å². The summed E-state index contributed by atoms with van der Waals surface area (Å²) in [5, 5.41) is 2.91. The molecule has 0 saturated carbocycles. The maximum absolute atomic E-state index is 13.5. The van der Waals surface area contributed by atoms with Crippen LogP contribution in [-0.2, 0) is 26.2 Å². The largest absolute Gasteiger partial charge is 0.357 e. The standard InChI is InChI=1S/C25H25ClFN3O4S/c1-18(25(32)28-2)29(16-19-8-12-21(27)13-9-19)24(31)17-30(22-14-10-20(26)11-15-22)35(33,34)23-6-4-3-5-7-23/h3-15,18H,16-17H2,1-2H3,(H,28,32). The Morgan fingerprint density at radius 1 is 0.971 bits per heavy atom. The summed E-state index contributed by atoms with van der Waals surface area (Å²) in [6.07, 6.45) is 0. The third-order valence-electron chi connectivity index (χ3n) is 5.40. The molecule has 0 fully saturated rings. The highest BCUT2D eigenvalue weighted by Crippen LogP contribution is 2.26. The molecule has 0 aliphatic rings. The van der Waals surface area contributed by atoms with Crippen molar-refractivity contribution in [1.29, 1.82) is 0 Å². The Hall–Kier alpha value is -3.43. The number of nitrogens with zero attached hydrogens (tertiary/aromatic N) is 2. The Balaban J connectivity index is 2.00. The molecule has 0 aliphatic carbocycles. The van der Waals surface area contributed by atoms with Gasteiger partial charge in [-0.15, -0.1) is 0 Å². The van der Waals surface area contributed by atoms with E-state index in [1.54, 1.807) is 25.1 Å². The van der Waals surface area contributed by atoms with Crippen molar-refractivity contribution in [2.24, 2.45) is 0 Å². The zero-order valence-corrected chi connectivity index (χ0v) is 20.8. The number of anilines is 1. The molecule has 1 N–H and O–H groups in total. The van der Waals surface area contributed by atoms with Crippen molar-refractivity contribution >= 4 is 39.1 Å². The summed E-state index contributed by atoms with van der Waals surface area (Å²) in [5.74, 6) is -1.47. The predicted octanol–water partition coefficient (Wildman–Crippen LogP) is 3.84. The molecule has 3 rings (SSSR count). The van der Waals surface area contributed by atoms with Gasteiger partial charge in [0.2, 0.25) is 11.8 Å². The Labute approximate surface area is 209 Å². The first kappa shape index (κ1) is 26.2. The molecule has 3 aromatic rings. The average molecular weight is 518 g/mol. The Bertz CT molecular complexity index is 1270. The smallest absolute Gasteiger partial charge is 0.264 e. The quantitative estimate of drug-likeness (QED) is 0.467. The topological polar surface area (TPSA) is 86.8 Å². The number of likely N-dealkylation sites (N-methyl/N-ethyl adjacent to an activating group) is 1. The van der Waals surface area contributed by atoms with Gasteiger partial charge in [0.05, 0.1) is 10.6 Å². The van der Waals surface area contributed by atoms with Gasteiger partial charge in [-0.25, -0.2) is 12.8 Å². The number of nitrogens with one attached hydrogen (secondary N) is 1. The lowest BCUT2D eigenvalue weighted by molar-refractivity contribution is -0.139. The summed E-state index contributed by atoms with van der Waals surface area (Å²) < 4.78 is 41.4. The summed E-state index contributed by atoms with van der Waals surface area (Å²) in [6, 6.07) is 18.4. The molecule has 0 aromatic heterocycles. The van der Waals surface area contributed by atoms with Crippen LogP contribution >= 0.6 is 11.6 Å². The molecule has 0 bridgehead atoms. The molecule has 1 unspecified atom stereocenters. The summed E-state index contributed by atoms with van der Waals surface area (Å²) in [7, 11) is -2.69. The van der Waals surface area contributed by atoms with E-state index in [0.717, 1.165) is 4.31 Å². The molecule has 0 heterocycles. The van der Waals surface area contributed by atoms with Gasteiger partial charge in [-0.05, 0) is 61.0 Å². The highest BCUT2D eigenvalue weighted by molar-refractivity contribution is 7.92. The zero-order chi connectivity index (χ0) is 25.6. The van der Waals surface area contributed by atoms with Gasteiger partial charge < -0.3 is 10.2 Å². The minimum atomic E-state index is -4.13. The van der Waals surface area contributed by atoms with Crippen LogP contribution in [0.15, 0.2) is 83.8 Å². The molecular weight excluding hydrogens is 493 g/mol. The molecule has 7 nitrogen and oxygen atoms in total. The van der Waals surface area contributed by atoms with Crippen LogP contribution < -0.4 is 9.62 Å². The second kappa shape index (κ2) is 11.3. The molecule has 2 amide bonds. The third-order valence-corrected chi connectivity index (χ3v) is 7.44. The molecule has 10 heteroatoms. The van der Waals surface area contributed by atoms with Crippen molar-refractivity contribution in [2.45, 2.75) is 24.4 Å². The first-order valence-electron chi connectivity index (χ1n) is 10.7. The molecule has 0 radical (unpaired) electrons. The van der Waals surface area contributed by atoms with Gasteiger partial charge in [0, 0.05) is 18.6 Å². The predicted molar refractivity (Wildman–Crippen MR) is 133 cm³/mol. The number of sulfonamides is 1. The third kappa shape index (κ3) is 6.37. The lowest BCUT2D eigenvalue weighted by Gasteiger charge is -2.31. The molecule has 3 aromatic carbocycles. The second-order valence-corrected chi connectivity index (χ2v) is 10.0. The van der Waals surface area contributed by atoms with Gasteiger partial charge in [0.15, 0.2) is 0 Å². The van der Waals surface area contributed by atoms with E-state index < -0.39 is 40.2 Å². The van der Waals surface area contributed by atoms with E-state index in [1.165, 1.54) is 72.6 Å². The van der Waals surface area contributed by atoms with Crippen LogP contribution in [0.25, 0.3) is 0 Å². The number of carbonyl (C=O) groups excluding carboxylic acids is 2. The van der Waals surface area contributed by atoms with Gasteiger partial charge in [-0.1, -0.05) is 41.9 Å². The summed E-state index contributed by atoms with van der Waals surface area (Å²) >= 11 is 5.98. The van der Waals surface area contributed by atoms with E-state index in [-0.39, 0.29) is 17.1 Å². The van der Waals surface area contributed by atoms with Crippen LogP contribution in [0.1, 0.15) is 12.5 Å². The van der Waals surface area contributed by atoms with Crippen LogP contribution in [0.3, 0.4) is 0 Å². The monoisotopic (exact) mass is 517 g/mol. The highest BCUT2D eigenvalue weighted by Gasteiger charge is 2.32. The second-order valence-electron chi connectivity index (χ2n) is 7.74. The van der Waals surface area contributed by atoms with E-state index in [1.807, 2.05) is 0 Å². The fraction of sp³-hybridized carbons (Fsp3) is 0.200. The zero-order valence-electron chi connectivity index (χ0n) is 19.2. The van der Waals surface area contributed by atoms with Crippen molar-refractivity contribution in [2.75, 3.05) is 17.9 Å². The van der Waals surface area contributed by atoms with E-state index in [9.17, 15) is 22.4 Å². The minimum Gasteiger partial charge on any atom is -0.357 e. The lowest BCUT2D eigenvalue weighted by atomic mass is 10.1. The molecule has 0 saturated heterocycles. The fourth-order valence-electron chi connectivity index (χ4n) is 3.43. The van der Waals surface area contributed by atoms with Gasteiger partial charge in [-0.2, -0.15) is 0 Å². The van der Waals surface area contributed by atoms with Crippen molar-refractivity contribution < 1.29 is 22.4 Å². The maximum Gasteiger partial charge on any atom is 0.264 e. The molecule has 184 valence electrons. The van der Waals surface area contributed by atoms with Gasteiger partial charge >= 0.3 is 0 Å². The van der Waals surface area contributed by atoms with Crippen LogP contribution in [0.5, 0.6) is 0 Å². The molecular formula is C25H25ClFN3O4S. The van der Waals surface area contributed by atoms with Gasteiger partial charge in [0.1, 0.15) is 18.4 Å². The Morgan fingerprint density at radius 2 is 1.57 bits per heavy atom.